The largest absolute Gasteiger partial charge is 0.481 e. The molecule has 1 amide bonds. The minimum atomic E-state index is -0.153. The Bertz CT molecular complexity index is 735. The Kier molecular flexibility index (Phi) is 6.07. The maximum atomic E-state index is 12.1. The molecule has 6 nitrogen and oxygen atoms in total. The van der Waals surface area contributed by atoms with Crippen LogP contribution in [0.1, 0.15) is 6.92 Å². The van der Waals surface area contributed by atoms with E-state index in [4.69, 9.17) is 21.1 Å². The molecule has 25 heavy (non-hydrogen) atoms. The van der Waals surface area contributed by atoms with Gasteiger partial charge >= 0.3 is 0 Å². The second-order valence-corrected chi connectivity index (χ2v) is 6.52. The van der Waals surface area contributed by atoms with Crippen LogP contribution in [0.5, 0.6) is 5.75 Å². The molecule has 1 aromatic heterocycles. The number of morpholine rings is 1. The molecule has 1 atom stereocenters. The van der Waals surface area contributed by atoms with E-state index in [0.29, 0.717) is 16.3 Å². The molecule has 1 aromatic carbocycles. The second-order valence-electron chi connectivity index (χ2n) is 6.12. The summed E-state index contributed by atoms with van der Waals surface area (Å²) in [6.45, 7) is 6.05. The van der Waals surface area contributed by atoms with Gasteiger partial charge in [-0.25, -0.2) is 0 Å². The van der Waals surface area contributed by atoms with Crippen molar-refractivity contribution in [2.45, 2.75) is 13.0 Å². The topological polar surface area (TPSA) is 63.7 Å². The Balaban J connectivity index is 1.53. The molecule has 1 aliphatic rings. The van der Waals surface area contributed by atoms with E-state index < -0.39 is 0 Å². The van der Waals surface area contributed by atoms with Gasteiger partial charge in [0.2, 0.25) is 0 Å². The van der Waals surface area contributed by atoms with E-state index in [9.17, 15) is 4.79 Å². The standard InChI is InChI=1S/C18H22ClN3O3/c1-13(11-22-7-9-24-10-8-22)21-17(23)12-25-16-5-4-15(19)14-3-2-6-20-18(14)16/h2-6,13H,7-12H2,1H3,(H,21,23). The van der Waals surface area contributed by atoms with Gasteiger partial charge in [0.05, 0.1) is 18.2 Å². The molecule has 0 saturated carbocycles. The number of nitrogens with zero attached hydrogens (tertiary/aromatic N) is 2. The molecular formula is C18H22ClN3O3. The van der Waals surface area contributed by atoms with Gasteiger partial charge in [0, 0.05) is 37.3 Å². The molecule has 3 rings (SSSR count). The van der Waals surface area contributed by atoms with Crippen molar-refractivity contribution in [3.05, 3.63) is 35.5 Å². The van der Waals surface area contributed by atoms with Gasteiger partial charge in [0.15, 0.2) is 6.61 Å². The minimum Gasteiger partial charge on any atom is -0.481 e. The number of pyridine rings is 1. The fourth-order valence-electron chi connectivity index (χ4n) is 2.90. The lowest BCUT2D eigenvalue weighted by Gasteiger charge is -2.29. The van der Waals surface area contributed by atoms with Crippen molar-refractivity contribution >= 4 is 28.4 Å². The Morgan fingerprint density at radius 2 is 2.20 bits per heavy atom. The van der Waals surface area contributed by atoms with Crippen molar-refractivity contribution in [3.63, 3.8) is 0 Å². The smallest absolute Gasteiger partial charge is 0.258 e. The predicted molar refractivity (Wildman–Crippen MR) is 97.1 cm³/mol. The number of nitrogens with one attached hydrogen (secondary N) is 1. The first-order chi connectivity index (χ1) is 12.1. The average molecular weight is 364 g/mol. The molecule has 2 heterocycles. The lowest BCUT2D eigenvalue weighted by atomic mass is 10.2. The number of hydrogen-bond donors (Lipinski definition) is 1. The van der Waals surface area contributed by atoms with Crippen LogP contribution in [0.2, 0.25) is 5.02 Å². The third-order valence-corrected chi connectivity index (χ3v) is 4.41. The zero-order valence-corrected chi connectivity index (χ0v) is 15.0. The summed E-state index contributed by atoms with van der Waals surface area (Å²) in [4.78, 5) is 18.7. The molecule has 1 unspecified atom stereocenters. The van der Waals surface area contributed by atoms with E-state index in [0.717, 1.165) is 38.2 Å². The molecule has 1 aliphatic heterocycles. The molecule has 0 aliphatic carbocycles. The number of ether oxygens (including phenoxy) is 2. The van der Waals surface area contributed by atoms with E-state index in [1.54, 1.807) is 18.3 Å². The quantitative estimate of drug-likeness (QED) is 0.851. The molecule has 1 saturated heterocycles. The van der Waals surface area contributed by atoms with Crippen molar-refractivity contribution in [1.29, 1.82) is 0 Å². The molecule has 134 valence electrons. The van der Waals surface area contributed by atoms with Crippen LogP contribution in [-0.2, 0) is 9.53 Å². The van der Waals surface area contributed by atoms with Crippen LogP contribution in [0.3, 0.4) is 0 Å². The number of amides is 1. The third-order valence-electron chi connectivity index (χ3n) is 4.08. The van der Waals surface area contributed by atoms with Crippen LogP contribution in [-0.4, -0.2) is 61.3 Å². The van der Waals surface area contributed by atoms with Crippen molar-refractivity contribution in [3.8, 4) is 5.75 Å². The number of fused-ring (bicyclic) bond motifs is 1. The van der Waals surface area contributed by atoms with Crippen molar-refractivity contribution < 1.29 is 14.3 Å². The fourth-order valence-corrected chi connectivity index (χ4v) is 3.12. The van der Waals surface area contributed by atoms with Gasteiger partial charge in [0.25, 0.3) is 5.91 Å². The van der Waals surface area contributed by atoms with Crippen LogP contribution in [0, 0.1) is 0 Å². The Hall–Kier alpha value is -1.89. The molecule has 0 radical (unpaired) electrons. The number of carbonyl (C=O) groups excluding carboxylic acids is 1. The minimum absolute atomic E-state index is 0.0503. The Morgan fingerprint density at radius 1 is 1.40 bits per heavy atom. The van der Waals surface area contributed by atoms with Crippen LogP contribution in [0.4, 0.5) is 0 Å². The summed E-state index contributed by atoms with van der Waals surface area (Å²) in [7, 11) is 0. The van der Waals surface area contributed by atoms with Crippen LogP contribution in [0.25, 0.3) is 10.9 Å². The molecule has 7 heteroatoms. The first-order valence-electron chi connectivity index (χ1n) is 8.39. The maximum absolute atomic E-state index is 12.1. The molecule has 2 aromatic rings. The van der Waals surface area contributed by atoms with Gasteiger partial charge in [0.1, 0.15) is 11.3 Å². The second kappa shape index (κ2) is 8.47. The predicted octanol–water partition coefficient (Wildman–Crippen LogP) is 2.10. The normalized spacial score (nSPS) is 16.6. The zero-order chi connectivity index (χ0) is 17.6. The highest BCUT2D eigenvalue weighted by Gasteiger charge is 2.16. The fraction of sp³-hybridized carbons (Fsp3) is 0.444. The molecule has 0 spiro atoms. The van der Waals surface area contributed by atoms with E-state index >= 15 is 0 Å². The number of carbonyl (C=O) groups is 1. The number of hydrogen-bond acceptors (Lipinski definition) is 5. The summed E-state index contributed by atoms with van der Waals surface area (Å²) < 4.78 is 11.0. The number of aromatic nitrogens is 1. The molecule has 1 fully saturated rings. The van der Waals surface area contributed by atoms with Crippen LogP contribution in [0.15, 0.2) is 30.5 Å². The van der Waals surface area contributed by atoms with Gasteiger partial charge in [-0.15, -0.1) is 0 Å². The highest BCUT2D eigenvalue weighted by atomic mass is 35.5. The maximum Gasteiger partial charge on any atom is 0.258 e. The molecule has 1 N–H and O–H groups in total. The zero-order valence-electron chi connectivity index (χ0n) is 14.2. The van der Waals surface area contributed by atoms with Crippen LogP contribution >= 0.6 is 11.6 Å². The summed E-state index contributed by atoms with van der Waals surface area (Å²) in [5, 5.41) is 4.38. The number of benzene rings is 1. The molecular weight excluding hydrogens is 342 g/mol. The van der Waals surface area contributed by atoms with Gasteiger partial charge in [-0.05, 0) is 31.2 Å². The SMILES string of the molecule is CC(CN1CCOCC1)NC(=O)COc1ccc(Cl)c2cccnc12. The van der Waals surface area contributed by atoms with E-state index in [2.05, 4.69) is 15.2 Å². The first kappa shape index (κ1) is 17.9. The summed E-state index contributed by atoms with van der Waals surface area (Å²) >= 11 is 6.16. The monoisotopic (exact) mass is 363 g/mol. The Morgan fingerprint density at radius 3 is 3.00 bits per heavy atom. The van der Waals surface area contributed by atoms with E-state index in [1.807, 2.05) is 19.1 Å². The average Bonchev–Trinajstić information content (AvgIpc) is 2.62. The summed E-state index contributed by atoms with van der Waals surface area (Å²) in [5.74, 6) is 0.399. The van der Waals surface area contributed by atoms with Crippen molar-refractivity contribution in [2.24, 2.45) is 0 Å². The number of halogens is 1. The lowest BCUT2D eigenvalue weighted by Crippen LogP contribution is -2.46. The summed E-state index contributed by atoms with van der Waals surface area (Å²) in [5.41, 5.74) is 0.657. The van der Waals surface area contributed by atoms with Crippen LogP contribution < -0.4 is 10.1 Å². The summed E-state index contributed by atoms with van der Waals surface area (Å²) in [6, 6.07) is 7.23. The third kappa shape index (κ3) is 4.81. The van der Waals surface area contributed by atoms with E-state index in [-0.39, 0.29) is 18.6 Å². The number of rotatable bonds is 6. The highest BCUT2D eigenvalue weighted by Crippen LogP contribution is 2.29. The van der Waals surface area contributed by atoms with Gasteiger partial charge in [-0.3, -0.25) is 14.7 Å². The van der Waals surface area contributed by atoms with Gasteiger partial charge in [-0.1, -0.05) is 11.6 Å². The van der Waals surface area contributed by atoms with E-state index in [1.165, 1.54) is 0 Å². The summed E-state index contributed by atoms with van der Waals surface area (Å²) in [6.07, 6.45) is 1.68. The highest BCUT2D eigenvalue weighted by molar-refractivity contribution is 6.35. The van der Waals surface area contributed by atoms with Crippen molar-refractivity contribution in [1.82, 2.24) is 15.2 Å². The first-order valence-corrected chi connectivity index (χ1v) is 8.77. The molecule has 0 bridgehead atoms. The Labute approximate surface area is 152 Å². The van der Waals surface area contributed by atoms with Gasteiger partial charge < -0.3 is 14.8 Å². The lowest BCUT2D eigenvalue weighted by molar-refractivity contribution is -0.123. The van der Waals surface area contributed by atoms with Crippen molar-refractivity contribution in [2.75, 3.05) is 39.5 Å². The van der Waals surface area contributed by atoms with Gasteiger partial charge in [-0.2, -0.15) is 0 Å².